The van der Waals surface area contributed by atoms with E-state index in [1.54, 1.807) is 0 Å². The van der Waals surface area contributed by atoms with Crippen LogP contribution in [0.5, 0.6) is 0 Å². The van der Waals surface area contributed by atoms with Crippen molar-refractivity contribution in [2.75, 3.05) is 6.61 Å². The Labute approximate surface area is 78.4 Å². The summed E-state index contributed by atoms with van der Waals surface area (Å²) in [6.07, 6.45) is 8.54. The third kappa shape index (κ3) is 2.56. The van der Waals surface area contributed by atoms with E-state index in [0.717, 1.165) is 25.3 Å². The van der Waals surface area contributed by atoms with Gasteiger partial charge in [-0.2, -0.15) is 5.10 Å². The second-order valence-electron chi connectivity index (χ2n) is 3.84. The Hall–Kier alpha value is -0.830. The molecule has 1 aliphatic carbocycles. The summed E-state index contributed by atoms with van der Waals surface area (Å²) in [6, 6.07) is 0. The molecule has 0 unspecified atom stereocenters. The molecule has 0 bridgehead atoms. The molecule has 0 aromatic carbocycles. The summed E-state index contributed by atoms with van der Waals surface area (Å²) >= 11 is 0. The Bertz CT molecular complexity index is 266. The minimum atomic E-state index is 0.272. The molecule has 1 aliphatic rings. The highest BCUT2D eigenvalue weighted by Gasteiger charge is 2.21. The highest BCUT2D eigenvalue weighted by atomic mass is 16.2. The zero-order valence-electron chi connectivity index (χ0n) is 7.82. The molecule has 0 saturated heterocycles. The van der Waals surface area contributed by atoms with Gasteiger partial charge in [0.2, 0.25) is 0 Å². The number of aromatic nitrogens is 2. The number of hydrogen-bond donors (Lipinski definition) is 1. The molecule has 0 amide bonds. The van der Waals surface area contributed by atoms with Crippen LogP contribution in [0.3, 0.4) is 0 Å². The van der Waals surface area contributed by atoms with Crippen molar-refractivity contribution in [1.82, 2.24) is 9.78 Å². The van der Waals surface area contributed by atoms with Gasteiger partial charge in [0.1, 0.15) is 0 Å². The first-order valence-corrected chi connectivity index (χ1v) is 5.00. The van der Waals surface area contributed by atoms with E-state index in [0.29, 0.717) is 0 Å². The lowest BCUT2D eigenvalue weighted by Gasteiger charge is -1.96. The van der Waals surface area contributed by atoms with E-state index in [9.17, 15) is 0 Å². The maximum atomic E-state index is 8.66. The molecule has 0 aliphatic heterocycles. The Morgan fingerprint density at radius 1 is 1.54 bits per heavy atom. The number of aryl methyl sites for hydroxylation is 1. The van der Waals surface area contributed by atoms with Gasteiger partial charge in [-0.15, -0.1) is 0 Å². The number of hydrogen-bond acceptors (Lipinski definition) is 2. The maximum absolute atomic E-state index is 8.66. The van der Waals surface area contributed by atoms with Gasteiger partial charge in [0.05, 0.1) is 6.20 Å². The summed E-state index contributed by atoms with van der Waals surface area (Å²) in [4.78, 5) is 0. The van der Waals surface area contributed by atoms with Crippen LogP contribution in [0.25, 0.3) is 0 Å². The standard InChI is InChI=1S/C10H16N2O/c13-5-1-2-10-6-11-12(8-10)7-9-3-4-9/h6,8-9,13H,1-5,7H2. The van der Waals surface area contributed by atoms with Crippen LogP contribution < -0.4 is 0 Å². The van der Waals surface area contributed by atoms with E-state index in [-0.39, 0.29) is 6.61 Å². The summed E-state index contributed by atoms with van der Waals surface area (Å²) in [7, 11) is 0. The molecule has 3 heteroatoms. The van der Waals surface area contributed by atoms with Gasteiger partial charge in [-0.05, 0) is 37.2 Å². The number of aliphatic hydroxyl groups is 1. The Morgan fingerprint density at radius 3 is 3.08 bits per heavy atom. The number of rotatable bonds is 5. The van der Waals surface area contributed by atoms with Crippen LogP contribution in [0.4, 0.5) is 0 Å². The minimum Gasteiger partial charge on any atom is -0.396 e. The number of aliphatic hydroxyl groups excluding tert-OH is 1. The summed E-state index contributed by atoms with van der Waals surface area (Å²) in [5.74, 6) is 0.880. The molecule has 2 rings (SSSR count). The smallest absolute Gasteiger partial charge is 0.0521 e. The topological polar surface area (TPSA) is 38.1 Å². The molecule has 1 heterocycles. The molecule has 0 atom stereocenters. The van der Waals surface area contributed by atoms with Gasteiger partial charge in [-0.25, -0.2) is 0 Å². The van der Waals surface area contributed by atoms with Gasteiger partial charge < -0.3 is 5.11 Å². The average molecular weight is 180 g/mol. The predicted octanol–water partition coefficient (Wildman–Crippen LogP) is 1.22. The SMILES string of the molecule is OCCCc1cnn(CC2CC2)c1. The van der Waals surface area contributed by atoms with Gasteiger partial charge in [0, 0.05) is 19.3 Å². The fourth-order valence-electron chi connectivity index (χ4n) is 1.48. The highest BCUT2D eigenvalue weighted by molar-refractivity contribution is 5.04. The van der Waals surface area contributed by atoms with Crippen molar-refractivity contribution >= 4 is 0 Å². The second kappa shape index (κ2) is 3.92. The lowest BCUT2D eigenvalue weighted by atomic mass is 10.2. The molecular formula is C10H16N2O. The Morgan fingerprint density at radius 2 is 2.38 bits per heavy atom. The summed E-state index contributed by atoms with van der Waals surface area (Å²) in [5.41, 5.74) is 1.25. The van der Waals surface area contributed by atoms with Crippen LogP contribution >= 0.6 is 0 Å². The van der Waals surface area contributed by atoms with Crippen LogP contribution in [-0.2, 0) is 13.0 Å². The van der Waals surface area contributed by atoms with Crippen molar-refractivity contribution in [2.45, 2.75) is 32.2 Å². The van der Waals surface area contributed by atoms with E-state index >= 15 is 0 Å². The molecule has 1 aromatic heterocycles. The normalized spacial score (nSPS) is 16.4. The van der Waals surface area contributed by atoms with E-state index in [1.807, 2.05) is 10.9 Å². The first-order chi connectivity index (χ1) is 6.38. The summed E-state index contributed by atoms with van der Waals surface area (Å²) in [5, 5.41) is 12.9. The zero-order chi connectivity index (χ0) is 9.10. The van der Waals surface area contributed by atoms with Crippen molar-refractivity contribution in [2.24, 2.45) is 5.92 Å². The van der Waals surface area contributed by atoms with Gasteiger partial charge in [0.25, 0.3) is 0 Å². The van der Waals surface area contributed by atoms with Crippen LogP contribution in [0.2, 0.25) is 0 Å². The van der Waals surface area contributed by atoms with Gasteiger partial charge >= 0.3 is 0 Å². The first kappa shape index (κ1) is 8.75. The molecule has 72 valence electrons. The molecule has 1 N–H and O–H groups in total. The Balaban J connectivity index is 1.84. The quantitative estimate of drug-likeness (QED) is 0.739. The lowest BCUT2D eigenvalue weighted by molar-refractivity contribution is 0.288. The van der Waals surface area contributed by atoms with Crippen LogP contribution in [-0.4, -0.2) is 21.5 Å². The molecule has 0 spiro atoms. The van der Waals surface area contributed by atoms with E-state index in [4.69, 9.17) is 5.11 Å². The third-order valence-corrected chi connectivity index (χ3v) is 2.45. The maximum Gasteiger partial charge on any atom is 0.0521 e. The third-order valence-electron chi connectivity index (χ3n) is 2.45. The molecule has 1 fully saturated rings. The molecule has 1 aromatic rings. The second-order valence-corrected chi connectivity index (χ2v) is 3.84. The van der Waals surface area contributed by atoms with Gasteiger partial charge in [-0.1, -0.05) is 0 Å². The van der Waals surface area contributed by atoms with Crippen LogP contribution in [0, 0.1) is 5.92 Å². The molecule has 0 radical (unpaired) electrons. The monoisotopic (exact) mass is 180 g/mol. The zero-order valence-corrected chi connectivity index (χ0v) is 7.82. The van der Waals surface area contributed by atoms with E-state index in [2.05, 4.69) is 11.3 Å². The van der Waals surface area contributed by atoms with E-state index < -0.39 is 0 Å². The van der Waals surface area contributed by atoms with Crippen molar-refractivity contribution in [3.8, 4) is 0 Å². The molecular weight excluding hydrogens is 164 g/mol. The highest BCUT2D eigenvalue weighted by Crippen LogP contribution is 2.30. The first-order valence-electron chi connectivity index (χ1n) is 5.00. The predicted molar refractivity (Wildman–Crippen MR) is 50.4 cm³/mol. The van der Waals surface area contributed by atoms with Crippen molar-refractivity contribution < 1.29 is 5.11 Å². The summed E-state index contributed by atoms with van der Waals surface area (Å²) in [6.45, 7) is 1.35. The number of nitrogens with zero attached hydrogens (tertiary/aromatic N) is 2. The fraction of sp³-hybridized carbons (Fsp3) is 0.700. The van der Waals surface area contributed by atoms with Gasteiger partial charge in [0.15, 0.2) is 0 Å². The molecule has 13 heavy (non-hydrogen) atoms. The van der Waals surface area contributed by atoms with E-state index in [1.165, 1.54) is 18.4 Å². The largest absolute Gasteiger partial charge is 0.396 e. The lowest BCUT2D eigenvalue weighted by Crippen LogP contribution is -1.99. The van der Waals surface area contributed by atoms with Crippen LogP contribution in [0.15, 0.2) is 12.4 Å². The molecule has 3 nitrogen and oxygen atoms in total. The Kier molecular flexibility index (Phi) is 2.64. The van der Waals surface area contributed by atoms with Crippen molar-refractivity contribution in [1.29, 1.82) is 0 Å². The average Bonchev–Trinajstić information content (AvgIpc) is 2.81. The summed E-state index contributed by atoms with van der Waals surface area (Å²) < 4.78 is 2.03. The minimum absolute atomic E-state index is 0.272. The van der Waals surface area contributed by atoms with Crippen molar-refractivity contribution in [3.05, 3.63) is 18.0 Å². The van der Waals surface area contributed by atoms with Crippen molar-refractivity contribution in [3.63, 3.8) is 0 Å². The fourth-order valence-corrected chi connectivity index (χ4v) is 1.48. The van der Waals surface area contributed by atoms with Crippen LogP contribution in [0.1, 0.15) is 24.8 Å². The molecule has 1 saturated carbocycles. The van der Waals surface area contributed by atoms with Gasteiger partial charge in [-0.3, -0.25) is 4.68 Å².